The molecule has 1 fully saturated rings. The van der Waals surface area contributed by atoms with E-state index >= 15 is 0 Å². The first kappa shape index (κ1) is 39.7. The maximum absolute atomic E-state index is 13.8. The molecule has 11 N–H and O–H groups in total. The third kappa shape index (κ3) is 11.9. The lowest BCUT2D eigenvalue weighted by Gasteiger charge is -2.33. The number of likely N-dealkylation sites (tertiary alicyclic amines) is 1. The van der Waals surface area contributed by atoms with Crippen molar-refractivity contribution in [3.05, 3.63) is 0 Å². The fourth-order valence-corrected chi connectivity index (χ4v) is 4.82. The summed E-state index contributed by atoms with van der Waals surface area (Å²) >= 11 is 0. The third-order valence-corrected chi connectivity index (χ3v) is 7.67. The summed E-state index contributed by atoms with van der Waals surface area (Å²) in [5, 5.41) is 19.3. The van der Waals surface area contributed by atoms with Crippen LogP contribution in [0.15, 0.2) is 0 Å². The highest BCUT2D eigenvalue weighted by Gasteiger charge is 2.41. The monoisotopic (exact) mass is 654 g/mol. The zero-order valence-corrected chi connectivity index (χ0v) is 27.3. The first-order chi connectivity index (χ1) is 21.3. The number of aliphatic carboxylic acids is 1. The number of nitrogens with two attached hydrogens (primary N) is 3. The van der Waals surface area contributed by atoms with Gasteiger partial charge in [0.25, 0.3) is 0 Å². The van der Waals surface area contributed by atoms with E-state index in [-0.39, 0.29) is 37.6 Å². The second-order valence-corrected chi connectivity index (χ2v) is 12.6. The van der Waals surface area contributed by atoms with E-state index in [1.807, 2.05) is 0 Å². The lowest BCUT2D eigenvalue weighted by molar-refractivity contribution is -0.145. The standard InChI is InChI=1S/C29H50N8O9/c1-13(2)21(32)26(42)35-22(14(3)4)27(43)36-23(15(5)6)28(44)37-11-7-8-18(37)25(41)33-16(9-10-19(30)38)24(40)34-17(29(45)46)12-20(31)39/h13-18,21-23H,7-12,32H2,1-6H3,(H2,30,38)(H2,31,39)(H,33,41)(H,34,40)(H,35,42)(H,36,43)(H,45,46)/t16-,17-,18-,21-,22-,23-/m0/s1. The molecule has 1 heterocycles. The van der Waals surface area contributed by atoms with Gasteiger partial charge in [0.2, 0.25) is 41.4 Å². The number of nitrogens with zero attached hydrogens (tertiary/aromatic N) is 1. The van der Waals surface area contributed by atoms with Crippen LogP contribution in [0, 0.1) is 17.8 Å². The van der Waals surface area contributed by atoms with Gasteiger partial charge in [-0.25, -0.2) is 4.79 Å². The Bertz CT molecular complexity index is 1160. The molecule has 260 valence electrons. The van der Waals surface area contributed by atoms with Gasteiger partial charge in [0.1, 0.15) is 30.2 Å². The Morgan fingerprint density at radius 2 is 1.30 bits per heavy atom. The van der Waals surface area contributed by atoms with Crippen LogP contribution in [0.4, 0.5) is 0 Å². The molecule has 0 saturated carbocycles. The van der Waals surface area contributed by atoms with Crippen LogP contribution >= 0.6 is 0 Å². The molecular weight excluding hydrogens is 604 g/mol. The normalized spacial score (nSPS) is 17.9. The number of carbonyl (C=O) groups excluding carboxylic acids is 7. The molecule has 1 aliphatic heterocycles. The van der Waals surface area contributed by atoms with Crippen LogP contribution in [0.3, 0.4) is 0 Å². The van der Waals surface area contributed by atoms with Gasteiger partial charge in [-0.1, -0.05) is 41.5 Å². The van der Waals surface area contributed by atoms with Crippen LogP contribution in [0.1, 0.15) is 73.6 Å². The SMILES string of the molecule is CC(C)[C@H](N)C(=O)N[C@H](C(=O)N[C@H](C(=O)N1CCC[C@H]1C(=O)N[C@@H](CCC(N)=O)C(=O)N[C@@H](CC(N)=O)C(=O)O)C(C)C)C(C)C. The van der Waals surface area contributed by atoms with E-state index in [0.717, 1.165) is 0 Å². The average Bonchev–Trinajstić information content (AvgIpc) is 3.44. The van der Waals surface area contributed by atoms with Crippen molar-refractivity contribution in [3.8, 4) is 0 Å². The Morgan fingerprint density at radius 1 is 0.739 bits per heavy atom. The predicted molar refractivity (Wildman–Crippen MR) is 165 cm³/mol. The number of nitrogens with one attached hydrogen (secondary N) is 4. The lowest BCUT2D eigenvalue weighted by Crippen LogP contribution is -2.61. The van der Waals surface area contributed by atoms with Gasteiger partial charge < -0.3 is 48.5 Å². The molecule has 1 rings (SSSR count). The van der Waals surface area contributed by atoms with Gasteiger partial charge in [-0.05, 0) is 37.0 Å². The predicted octanol–water partition coefficient (Wildman–Crippen LogP) is -2.56. The maximum atomic E-state index is 13.8. The topological polar surface area (TPSA) is 286 Å². The summed E-state index contributed by atoms with van der Waals surface area (Å²) in [7, 11) is 0. The number of primary amides is 2. The van der Waals surface area contributed by atoms with Gasteiger partial charge in [0, 0.05) is 13.0 Å². The molecule has 6 atom stereocenters. The van der Waals surface area contributed by atoms with Gasteiger partial charge in [-0.15, -0.1) is 0 Å². The van der Waals surface area contributed by atoms with Gasteiger partial charge in [-0.3, -0.25) is 33.6 Å². The maximum Gasteiger partial charge on any atom is 0.326 e. The summed E-state index contributed by atoms with van der Waals surface area (Å²) in [5.74, 6) is -7.65. The smallest absolute Gasteiger partial charge is 0.326 e. The van der Waals surface area contributed by atoms with Gasteiger partial charge in [0.05, 0.1) is 12.5 Å². The van der Waals surface area contributed by atoms with E-state index in [9.17, 15) is 43.5 Å². The average molecular weight is 655 g/mol. The van der Waals surface area contributed by atoms with E-state index in [2.05, 4.69) is 21.3 Å². The number of hydrogen-bond donors (Lipinski definition) is 8. The molecule has 1 aliphatic rings. The second kappa shape index (κ2) is 18.0. The molecule has 0 aromatic rings. The molecule has 17 heteroatoms. The molecule has 7 amide bonds. The summed E-state index contributed by atoms with van der Waals surface area (Å²) in [6.45, 7) is 10.6. The van der Waals surface area contributed by atoms with Crippen LogP contribution in [0.2, 0.25) is 0 Å². The fraction of sp³-hybridized carbons (Fsp3) is 0.724. The van der Waals surface area contributed by atoms with Crippen molar-refractivity contribution in [2.45, 2.75) is 110 Å². The molecule has 0 bridgehead atoms. The zero-order chi connectivity index (χ0) is 35.5. The summed E-state index contributed by atoms with van der Waals surface area (Å²) in [4.78, 5) is 102. The Kier molecular flexibility index (Phi) is 15.6. The number of carboxylic acid groups (broad SMARTS) is 1. The van der Waals surface area contributed by atoms with Crippen molar-refractivity contribution in [2.75, 3.05) is 6.54 Å². The van der Waals surface area contributed by atoms with Crippen LogP contribution in [-0.4, -0.2) is 100 Å². The Hall–Kier alpha value is -4.28. The molecule has 0 spiro atoms. The van der Waals surface area contributed by atoms with Crippen LogP contribution in [0.5, 0.6) is 0 Å². The number of carboxylic acids is 1. The first-order valence-electron chi connectivity index (χ1n) is 15.3. The molecule has 46 heavy (non-hydrogen) atoms. The van der Waals surface area contributed by atoms with Crippen molar-refractivity contribution in [1.82, 2.24) is 26.2 Å². The van der Waals surface area contributed by atoms with Gasteiger partial charge in [-0.2, -0.15) is 0 Å². The van der Waals surface area contributed by atoms with Crippen molar-refractivity contribution in [2.24, 2.45) is 35.0 Å². The Morgan fingerprint density at radius 3 is 1.78 bits per heavy atom. The minimum atomic E-state index is -1.68. The summed E-state index contributed by atoms with van der Waals surface area (Å²) in [6, 6.07) is -7.07. The van der Waals surface area contributed by atoms with Crippen LogP contribution in [-0.2, 0) is 38.4 Å². The molecule has 0 unspecified atom stereocenters. The summed E-state index contributed by atoms with van der Waals surface area (Å²) in [5.41, 5.74) is 16.2. The highest BCUT2D eigenvalue weighted by atomic mass is 16.4. The summed E-state index contributed by atoms with van der Waals surface area (Å²) in [6.07, 6.45) is -0.688. The number of hydrogen-bond acceptors (Lipinski definition) is 9. The molecule has 17 nitrogen and oxygen atoms in total. The van der Waals surface area contributed by atoms with Crippen LogP contribution in [0.25, 0.3) is 0 Å². The number of carbonyl (C=O) groups is 8. The second-order valence-electron chi connectivity index (χ2n) is 12.6. The molecule has 0 radical (unpaired) electrons. The van der Waals surface area contributed by atoms with E-state index < -0.39 is 95.9 Å². The lowest BCUT2D eigenvalue weighted by atomic mass is 9.98. The zero-order valence-electron chi connectivity index (χ0n) is 27.3. The Labute approximate surface area is 268 Å². The quantitative estimate of drug-likeness (QED) is 0.0765. The highest BCUT2D eigenvalue weighted by molar-refractivity contribution is 5.97. The van der Waals surface area contributed by atoms with Crippen molar-refractivity contribution in [1.29, 1.82) is 0 Å². The minimum absolute atomic E-state index is 0.168. The van der Waals surface area contributed by atoms with Crippen molar-refractivity contribution < 1.29 is 43.5 Å². The first-order valence-corrected chi connectivity index (χ1v) is 15.3. The van der Waals surface area contributed by atoms with E-state index in [1.54, 1.807) is 41.5 Å². The van der Waals surface area contributed by atoms with Crippen molar-refractivity contribution >= 4 is 47.3 Å². The van der Waals surface area contributed by atoms with E-state index in [1.165, 1.54) is 4.90 Å². The number of amides is 7. The van der Waals surface area contributed by atoms with Gasteiger partial charge in [0.15, 0.2) is 0 Å². The van der Waals surface area contributed by atoms with Gasteiger partial charge >= 0.3 is 5.97 Å². The third-order valence-electron chi connectivity index (χ3n) is 7.67. The van der Waals surface area contributed by atoms with E-state index in [0.29, 0.717) is 6.42 Å². The van der Waals surface area contributed by atoms with E-state index in [4.69, 9.17) is 17.2 Å². The molecule has 0 aromatic heterocycles. The molecule has 0 aromatic carbocycles. The molecule has 0 aliphatic carbocycles. The minimum Gasteiger partial charge on any atom is -0.480 e. The largest absolute Gasteiger partial charge is 0.480 e. The van der Waals surface area contributed by atoms with Crippen LogP contribution < -0.4 is 38.5 Å². The highest BCUT2D eigenvalue weighted by Crippen LogP contribution is 2.21. The molecular formula is C29H50N8O9. The fourth-order valence-electron chi connectivity index (χ4n) is 4.82. The Balaban J connectivity index is 3.16. The summed E-state index contributed by atoms with van der Waals surface area (Å²) < 4.78 is 0. The molecule has 1 saturated heterocycles. The number of rotatable bonds is 18. The van der Waals surface area contributed by atoms with Crippen molar-refractivity contribution in [3.63, 3.8) is 0 Å².